The predicted molar refractivity (Wildman–Crippen MR) is 57.9 cm³/mol. The second-order valence-electron chi connectivity index (χ2n) is 3.58. The summed E-state index contributed by atoms with van der Waals surface area (Å²) in [5, 5.41) is 0. The molecule has 1 aliphatic rings. The quantitative estimate of drug-likeness (QED) is 0.696. The zero-order valence-corrected chi connectivity index (χ0v) is 9.58. The van der Waals surface area contributed by atoms with Gasteiger partial charge in [-0.3, -0.25) is 4.79 Å². The van der Waals surface area contributed by atoms with Gasteiger partial charge in [-0.05, 0) is 31.6 Å². The summed E-state index contributed by atoms with van der Waals surface area (Å²) in [5.74, 6) is 0.374. The summed E-state index contributed by atoms with van der Waals surface area (Å²) in [5.41, 5.74) is 5.75. The van der Waals surface area contributed by atoms with Gasteiger partial charge in [0.25, 0.3) is 0 Å². The third kappa shape index (κ3) is 5.97. The van der Waals surface area contributed by atoms with Crippen molar-refractivity contribution in [2.75, 3.05) is 6.61 Å². The largest absolute Gasteiger partial charge is 0.466 e. The maximum atomic E-state index is 10.5. The molecule has 2 N–H and O–H groups in total. The maximum Gasteiger partial charge on any atom is 0.302 e. The summed E-state index contributed by atoms with van der Waals surface area (Å²) in [6.07, 6.45) is 4.36. The second-order valence-corrected chi connectivity index (χ2v) is 3.58. The smallest absolute Gasteiger partial charge is 0.302 e. The maximum absolute atomic E-state index is 10.5. The fourth-order valence-electron chi connectivity index (χ4n) is 1.59. The molecule has 0 saturated heterocycles. The molecule has 14 heavy (non-hydrogen) atoms. The molecule has 0 aromatic heterocycles. The van der Waals surface area contributed by atoms with Crippen molar-refractivity contribution in [3.63, 3.8) is 0 Å². The van der Waals surface area contributed by atoms with Gasteiger partial charge in [0.15, 0.2) is 0 Å². The molecule has 3 nitrogen and oxygen atoms in total. The topological polar surface area (TPSA) is 52.3 Å². The van der Waals surface area contributed by atoms with Crippen LogP contribution in [0.4, 0.5) is 0 Å². The average molecular weight is 201 g/mol. The van der Waals surface area contributed by atoms with Crippen LogP contribution in [0.3, 0.4) is 0 Å². The van der Waals surface area contributed by atoms with E-state index in [1.807, 2.05) is 13.8 Å². The fourth-order valence-corrected chi connectivity index (χ4v) is 1.59. The predicted octanol–water partition coefficient (Wildman–Crippen LogP) is 2.09. The van der Waals surface area contributed by atoms with Crippen molar-refractivity contribution in [3.05, 3.63) is 0 Å². The molecule has 0 atom stereocenters. The minimum absolute atomic E-state index is 0.176. The van der Waals surface area contributed by atoms with Gasteiger partial charge in [-0.15, -0.1) is 0 Å². The van der Waals surface area contributed by atoms with Gasteiger partial charge in [-0.2, -0.15) is 0 Å². The van der Waals surface area contributed by atoms with Crippen molar-refractivity contribution in [1.29, 1.82) is 0 Å². The van der Waals surface area contributed by atoms with Gasteiger partial charge in [0.05, 0.1) is 6.61 Å². The highest BCUT2D eigenvalue weighted by Crippen LogP contribution is 2.23. The molecule has 0 radical (unpaired) electrons. The zero-order valence-electron chi connectivity index (χ0n) is 9.58. The average Bonchev–Trinajstić information content (AvgIpc) is 2.20. The van der Waals surface area contributed by atoms with Crippen LogP contribution in [-0.4, -0.2) is 18.6 Å². The molecule has 1 saturated carbocycles. The van der Waals surface area contributed by atoms with Crippen LogP contribution in [0.25, 0.3) is 0 Å². The van der Waals surface area contributed by atoms with Crippen LogP contribution >= 0.6 is 0 Å². The van der Waals surface area contributed by atoms with E-state index in [1.54, 1.807) is 0 Å². The molecule has 84 valence electrons. The molecular formula is C11H23NO2. The Bertz CT molecular complexity index is 151. The molecule has 1 fully saturated rings. The number of carbonyl (C=O) groups is 1. The summed E-state index contributed by atoms with van der Waals surface area (Å²) < 4.78 is 4.94. The van der Waals surface area contributed by atoms with E-state index < -0.39 is 0 Å². The molecule has 0 unspecified atom stereocenters. The number of rotatable bonds is 2. The molecule has 0 amide bonds. The van der Waals surface area contributed by atoms with Crippen molar-refractivity contribution in [2.45, 2.75) is 52.5 Å². The van der Waals surface area contributed by atoms with Crippen molar-refractivity contribution in [2.24, 2.45) is 11.7 Å². The van der Waals surface area contributed by atoms with Crippen LogP contribution in [0, 0.1) is 5.92 Å². The first-order valence-electron chi connectivity index (χ1n) is 5.57. The lowest BCUT2D eigenvalue weighted by Gasteiger charge is -2.25. The number of hydrogen-bond donors (Lipinski definition) is 1. The Morgan fingerprint density at radius 3 is 2.21 bits per heavy atom. The third-order valence-electron chi connectivity index (χ3n) is 2.41. The van der Waals surface area contributed by atoms with Crippen molar-refractivity contribution in [1.82, 2.24) is 0 Å². The number of ether oxygens (including phenoxy) is 1. The van der Waals surface area contributed by atoms with Gasteiger partial charge >= 0.3 is 5.97 Å². The molecule has 0 bridgehead atoms. The van der Waals surface area contributed by atoms with Crippen LogP contribution in [0.2, 0.25) is 0 Å². The van der Waals surface area contributed by atoms with Crippen molar-refractivity contribution in [3.8, 4) is 0 Å². The van der Waals surface area contributed by atoms with E-state index >= 15 is 0 Å². The fraction of sp³-hybridized carbons (Fsp3) is 0.909. The first-order chi connectivity index (χ1) is 6.68. The van der Waals surface area contributed by atoms with Gasteiger partial charge in [-0.25, -0.2) is 0 Å². The number of esters is 1. The standard InChI is InChI=1S/C9H17NO2.C2H6/c1-7(11)12-6-8-2-4-9(10)5-3-8;1-2/h8-9H,2-6,10H2,1H3;1-2H3. The molecule has 0 spiro atoms. The Hall–Kier alpha value is -0.570. The van der Waals surface area contributed by atoms with E-state index in [9.17, 15) is 4.79 Å². The minimum Gasteiger partial charge on any atom is -0.466 e. The summed E-state index contributed by atoms with van der Waals surface area (Å²) in [6.45, 7) is 6.04. The minimum atomic E-state index is -0.176. The molecule has 1 aliphatic carbocycles. The first-order valence-corrected chi connectivity index (χ1v) is 5.57. The van der Waals surface area contributed by atoms with E-state index in [-0.39, 0.29) is 5.97 Å². The summed E-state index contributed by atoms with van der Waals surface area (Å²) in [6, 6.07) is 0.374. The van der Waals surface area contributed by atoms with E-state index in [0.717, 1.165) is 25.7 Å². The number of nitrogens with two attached hydrogens (primary N) is 1. The highest BCUT2D eigenvalue weighted by Gasteiger charge is 2.18. The van der Waals surface area contributed by atoms with Crippen molar-refractivity contribution < 1.29 is 9.53 Å². The third-order valence-corrected chi connectivity index (χ3v) is 2.41. The lowest BCUT2D eigenvalue weighted by Crippen LogP contribution is -2.28. The Morgan fingerprint density at radius 1 is 1.29 bits per heavy atom. The van der Waals surface area contributed by atoms with Gasteiger partial charge < -0.3 is 10.5 Å². The SMILES string of the molecule is CC.CC(=O)OCC1CCC(N)CC1. The molecular weight excluding hydrogens is 178 g/mol. The monoisotopic (exact) mass is 201 g/mol. The number of hydrogen-bond acceptors (Lipinski definition) is 3. The highest BCUT2D eigenvalue weighted by molar-refractivity contribution is 5.65. The van der Waals surface area contributed by atoms with E-state index in [4.69, 9.17) is 10.5 Å². The van der Waals surface area contributed by atoms with Crippen LogP contribution in [-0.2, 0) is 9.53 Å². The normalized spacial score (nSPS) is 26.0. The van der Waals surface area contributed by atoms with Crippen LogP contribution in [0.1, 0.15) is 46.5 Å². The van der Waals surface area contributed by atoms with Gasteiger partial charge in [0.1, 0.15) is 0 Å². The van der Waals surface area contributed by atoms with E-state index in [1.165, 1.54) is 6.92 Å². The molecule has 3 heteroatoms. The Kier molecular flexibility index (Phi) is 7.48. The zero-order chi connectivity index (χ0) is 11.0. The van der Waals surface area contributed by atoms with Crippen molar-refractivity contribution >= 4 is 5.97 Å². The summed E-state index contributed by atoms with van der Waals surface area (Å²) in [7, 11) is 0. The first kappa shape index (κ1) is 13.4. The Labute approximate surface area is 87.0 Å². The van der Waals surface area contributed by atoms with Crippen LogP contribution in [0.15, 0.2) is 0 Å². The lowest BCUT2D eigenvalue weighted by atomic mass is 9.87. The second kappa shape index (κ2) is 7.80. The van der Waals surface area contributed by atoms with Gasteiger partial charge in [-0.1, -0.05) is 13.8 Å². The molecule has 0 aliphatic heterocycles. The van der Waals surface area contributed by atoms with E-state index in [2.05, 4.69) is 0 Å². The lowest BCUT2D eigenvalue weighted by molar-refractivity contribution is -0.142. The number of carbonyl (C=O) groups excluding carboxylic acids is 1. The summed E-state index contributed by atoms with van der Waals surface area (Å²) in [4.78, 5) is 10.5. The molecule has 0 aromatic carbocycles. The van der Waals surface area contributed by atoms with Gasteiger partial charge in [0.2, 0.25) is 0 Å². The van der Waals surface area contributed by atoms with Gasteiger partial charge in [0, 0.05) is 13.0 Å². The molecule has 0 heterocycles. The summed E-state index contributed by atoms with van der Waals surface area (Å²) >= 11 is 0. The Morgan fingerprint density at radius 2 is 1.79 bits per heavy atom. The highest BCUT2D eigenvalue weighted by atomic mass is 16.5. The molecule has 0 aromatic rings. The van der Waals surface area contributed by atoms with Crippen LogP contribution < -0.4 is 5.73 Å². The van der Waals surface area contributed by atoms with Crippen LogP contribution in [0.5, 0.6) is 0 Å². The molecule has 1 rings (SSSR count). The van der Waals surface area contributed by atoms with E-state index in [0.29, 0.717) is 18.6 Å². The Balaban J connectivity index is 0.000000791.